The largest absolute Gasteiger partial charge is 0.481 e. The Bertz CT molecular complexity index is 594. The summed E-state index contributed by atoms with van der Waals surface area (Å²) in [5, 5.41) is 11.0. The molecule has 1 heterocycles. The van der Waals surface area contributed by atoms with Crippen LogP contribution in [0.3, 0.4) is 0 Å². The molecule has 0 spiro atoms. The number of aliphatic carboxylic acids is 1. The highest BCUT2D eigenvalue weighted by Gasteiger charge is 2.07. The van der Waals surface area contributed by atoms with Crippen LogP contribution in [0.5, 0.6) is 0 Å². The van der Waals surface area contributed by atoms with Crippen LogP contribution >= 0.6 is 0 Å². The van der Waals surface area contributed by atoms with Gasteiger partial charge < -0.3 is 10.4 Å². The number of carboxylic acids is 1. The summed E-state index contributed by atoms with van der Waals surface area (Å²) >= 11 is 0. The quantitative estimate of drug-likeness (QED) is 0.815. The summed E-state index contributed by atoms with van der Waals surface area (Å²) in [6, 6.07) is 11.2. The van der Waals surface area contributed by atoms with E-state index in [1.54, 1.807) is 24.5 Å². The monoisotopic (exact) mass is 270 g/mol. The zero-order chi connectivity index (χ0) is 14.4. The van der Waals surface area contributed by atoms with E-state index in [0.29, 0.717) is 5.69 Å². The van der Waals surface area contributed by atoms with Crippen LogP contribution in [0.25, 0.3) is 0 Å². The van der Waals surface area contributed by atoms with Gasteiger partial charge in [-0.1, -0.05) is 12.1 Å². The van der Waals surface area contributed by atoms with Gasteiger partial charge in [0.1, 0.15) is 6.42 Å². The van der Waals surface area contributed by atoms with Gasteiger partial charge in [-0.2, -0.15) is 0 Å². The van der Waals surface area contributed by atoms with Crippen molar-refractivity contribution in [2.75, 3.05) is 5.32 Å². The van der Waals surface area contributed by atoms with Crippen molar-refractivity contribution in [3.63, 3.8) is 0 Å². The van der Waals surface area contributed by atoms with Crippen LogP contribution in [0.1, 0.15) is 17.5 Å². The molecular formula is C15H14N2O3. The van der Waals surface area contributed by atoms with Crippen molar-refractivity contribution in [2.24, 2.45) is 0 Å². The number of rotatable bonds is 5. The van der Waals surface area contributed by atoms with E-state index in [0.717, 1.165) is 17.5 Å². The third kappa shape index (κ3) is 4.20. The fourth-order valence-corrected chi connectivity index (χ4v) is 1.78. The lowest BCUT2D eigenvalue weighted by atomic mass is 10.1. The Morgan fingerprint density at radius 3 is 2.20 bits per heavy atom. The molecule has 1 aromatic heterocycles. The topological polar surface area (TPSA) is 79.3 Å². The Labute approximate surface area is 116 Å². The van der Waals surface area contributed by atoms with Crippen molar-refractivity contribution in [3.8, 4) is 0 Å². The lowest BCUT2D eigenvalue weighted by Gasteiger charge is -2.05. The fourth-order valence-electron chi connectivity index (χ4n) is 1.78. The van der Waals surface area contributed by atoms with Gasteiger partial charge >= 0.3 is 5.97 Å². The van der Waals surface area contributed by atoms with E-state index in [2.05, 4.69) is 10.3 Å². The number of carboxylic acid groups (broad SMARTS) is 1. The zero-order valence-corrected chi connectivity index (χ0v) is 10.7. The summed E-state index contributed by atoms with van der Waals surface area (Å²) in [5.74, 6) is -1.67. The van der Waals surface area contributed by atoms with E-state index in [1.807, 2.05) is 24.3 Å². The molecule has 0 atom stereocenters. The first-order valence-electron chi connectivity index (χ1n) is 6.13. The van der Waals surface area contributed by atoms with E-state index < -0.39 is 18.3 Å². The van der Waals surface area contributed by atoms with Gasteiger partial charge in [0.25, 0.3) is 0 Å². The normalized spacial score (nSPS) is 10.0. The maximum Gasteiger partial charge on any atom is 0.312 e. The minimum absolute atomic E-state index is 0.528. The molecule has 2 aromatic rings. The maximum absolute atomic E-state index is 11.3. The molecule has 5 heteroatoms. The maximum atomic E-state index is 11.3. The number of hydrogen-bond donors (Lipinski definition) is 2. The predicted molar refractivity (Wildman–Crippen MR) is 74.4 cm³/mol. The standard InChI is InChI=1S/C15H14N2O3/c18-14(10-15(19)20)17-13-3-1-11(2-4-13)9-12-5-7-16-8-6-12/h1-8H,9-10H2,(H,17,18)(H,19,20). The molecule has 1 amide bonds. The first-order valence-corrected chi connectivity index (χ1v) is 6.13. The number of nitrogens with one attached hydrogen (secondary N) is 1. The van der Waals surface area contributed by atoms with Gasteiger partial charge in [-0.3, -0.25) is 14.6 Å². The third-order valence-corrected chi connectivity index (χ3v) is 2.71. The Hall–Kier alpha value is -2.69. The Kier molecular flexibility index (Phi) is 4.44. The van der Waals surface area contributed by atoms with E-state index in [1.165, 1.54) is 0 Å². The second-order valence-corrected chi connectivity index (χ2v) is 4.35. The summed E-state index contributed by atoms with van der Waals surface area (Å²) < 4.78 is 0. The van der Waals surface area contributed by atoms with Crippen LogP contribution in [-0.4, -0.2) is 22.0 Å². The highest BCUT2D eigenvalue weighted by atomic mass is 16.4. The van der Waals surface area contributed by atoms with Crippen molar-refractivity contribution in [3.05, 3.63) is 59.9 Å². The van der Waals surface area contributed by atoms with E-state index in [4.69, 9.17) is 5.11 Å². The second-order valence-electron chi connectivity index (χ2n) is 4.35. The van der Waals surface area contributed by atoms with Crippen molar-refractivity contribution in [2.45, 2.75) is 12.8 Å². The van der Waals surface area contributed by atoms with Gasteiger partial charge in [-0.15, -0.1) is 0 Å². The zero-order valence-electron chi connectivity index (χ0n) is 10.7. The molecule has 20 heavy (non-hydrogen) atoms. The Morgan fingerprint density at radius 1 is 1.00 bits per heavy atom. The van der Waals surface area contributed by atoms with Gasteiger partial charge in [-0.05, 0) is 41.8 Å². The number of aromatic nitrogens is 1. The lowest BCUT2D eigenvalue weighted by Crippen LogP contribution is -2.15. The van der Waals surface area contributed by atoms with Crippen LogP contribution in [0.2, 0.25) is 0 Å². The van der Waals surface area contributed by atoms with Crippen LogP contribution in [0.4, 0.5) is 5.69 Å². The summed E-state index contributed by atoms with van der Waals surface area (Å²) in [7, 11) is 0. The molecule has 2 rings (SSSR count). The number of carbonyl (C=O) groups excluding carboxylic acids is 1. The number of hydrogen-bond acceptors (Lipinski definition) is 3. The molecule has 0 saturated heterocycles. The Balaban J connectivity index is 1.96. The molecule has 0 aliphatic heterocycles. The number of pyridine rings is 1. The molecule has 0 aliphatic rings. The highest BCUT2D eigenvalue weighted by molar-refractivity contribution is 6.01. The first-order chi connectivity index (χ1) is 9.63. The van der Waals surface area contributed by atoms with Gasteiger partial charge in [0.05, 0.1) is 0 Å². The number of amides is 1. The molecule has 102 valence electrons. The molecule has 2 N–H and O–H groups in total. The molecule has 0 fully saturated rings. The minimum atomic E-state index is -1.14. The second kappa shape index (κ2) is 6.47. The van der Waals surface area contributed by atoms with Crippen molar-refractivity contribution in [1.29, 1.82) is 0 Å². The van der Waals surface area contributed by atoms with Crippen LogP contribution in [0.15, 0.2) is 48.8 Å². The van der Waals surface area contributed by atoms with Gasteiger partial charge in [0, 0.05) is 18.1 Å². The van der Waals surface area contributed by atoms with Gasteiger partial charge in [-0.25, -0.2) is 0 Å². The SMILES string of the molecule is O=C(O)CC(=O)Nc1ccc(Cc2ccncc2)cc1. The number of nitrogens with zero attached hydrogens (tertiary/aromatic N) is 1. The smallest absolute Gasteiger partial charge is 0.312 e. The van der Waals surface area contributed by atoms with Gasteiger partial charge in [0.15, 0.2) is 0 Å². The first kappa shape index (κ1) is 13.7. The molecule has 0 aliphatic carbocycles. The Morgan fingerprint density at radius 2 is 1.60 bits per heavy atom. The summed E-state index contributed by atoms with van der Waals surface area (Å²) in [6.45, 7) is 0. The molecule has 0 bridgehead atoms. The average molecular weight is 270 g/mol. The van der Waals surface area contributed by atoms with Gasteiger partial charge in [0.2, 0.25) is 5.91 Å². The van der Waals surface area contributed by atoms with E-state index in [9.17, 15) is 9.59 Å². The number of benzene rings is 1. The number of carbonyl (C=O) groups is 2. The summed E-state index contributed by atoms with van der Waals surface area (Å²) in [5.41, 5.74) is 2.85. The van der Waals surface area contributed by atoms with Crippen LogP contribution in [-0.2, 0) is 16.0 Å². The van der Waals surface area contributed by atoms with Crippen molar-refractivity contribution < 1.29 is 14.7 Å². The molecule has 5 nitrogen and oxygen atoms in total. The lowest BCUT2D eigenvalue weighted by molar-refractivity contribution is -0.139. The summed E-state index contributed by atoms with van der Waals surface area (Å²) in [6.07, 6.45) is 3.75. The molecular weight excluding hydrogens is 256 g/mol. The molecule has 0 radical (unpaired) electrons. The van der Waals surface area contributed by atoms with Crippen molar-refractivity contribution in [1.82, 2.24) is 4.98 Å². The average Bonchev–Trinajstić information content (AvgIpc) is 2.41. The van der Waals surface area contributed by atoms with Crippen LogP contribution < -0.4 is 5.32 Å². The van der Waals surface area contributed by atoms with Crippen molar-refractivity contribution >= 4 is 17.6 Å². The third-order valence-electron chi connectivity index (χ3n) is 2.71. The number of anilines is 1. The predicted octanol–water partition coefficient (Wildman–Crippen LogP) is 2.09. The fraction of sp³-hybridized carbons (Fsp3) is 0.133. The van der Waals surface area contributed by atoms with Crippen LogP contribution in [0, 0.1) is 0 Å². The highest BCUT2D eigenvalue weighted by Crippen LogP contribution is 2.13. The molecule has 0 unspecified atom stereocenters. The minimum Gasteiger partial charge on any atom is -0.481 e. The molecule has 1 aromatic carbocycles. The molecule has 0 saturated carbocycles. The van der Waals surface area contributed by atoms with E-state index >= 15 is 0 Å². The summed E-state index contributed by atoms with van der Waals surface area (Å²) in [4.78, 5) is 25.7. The van der Waals surface area contributed by atoms with E-state index in [-0.39, 0.29) is 0 Å².